The Morgan fingerprint density at radius 2 is 2.03 bits per heavy atom. The molecule has 0 atom stereocenters. The predicted molar refractivity (Wildman–Crippen MR) is 117 cm³/mol. The quantitative estimate of drug-likeness (QED) is 0.415. The molecule has 6 nitrogen and oxygen atoms in total. The Labute approximate surface area is 178 Å². The van der Waals surface area contributed by atoms with Crippen LogP contribution in [0.2, 0.25) is 0 Å². The summed E-state index contributed by atoms with van der Waals surface area (Å²) in [5.41, 5.74) is 9.77. The average Bonchev–Trinajstić information content (AvgIpc) is 3.31. The molecule has 152 valence electrons. The summed E-state index contributed by atoms with van der Waals surface area (Å²) in [6.45, 7) is 2.54. The Morgan fingerprint density at radius 1 is 1.28 bits per heavy atom. The van der Waals surface area contributed by atoms with E-state index in [9.17, 15) is 9.59 Å². The van der Waals surface area contributed by atoms with Crippen LogP contribution >= 0.6 is 23.1 Å². The van der Waals surface area contributed by atoms with Crippen LogP contribution in [0.3, 0.4) is 0 Å². The van der Waals surface area contributed by atoms with E-state index >= 15 is 0 Å². The van der Waals surface area contributed by atoms with Gasteiger partial charge < -0.3 is 15.0 Å². The number of thiazole rings is 1. The van der Waals surface area contributed by atoms with Gasteiger partial charge in [-0.05, 0) is 18.6 Å². The molecule has 1 amide bonds. The summed E-state index contributed by atoms with van der Waals surface area (Å²) >= 11 is 3.10. The van der Waals surface area contributed by atoms with Gasteiger partial charge in [-0.1, -0.05) is 30.3 Å². The normalized spacial score (nSPS) is 10.8. The van der Waals surface area contributed by atoms with Crippen molar-refractivity contribution in [3.8, 4) is 11.4 Å². The fourth-order valence-corrected chi connectivity index (χ4v) is 4.68. The molecule has 0 aliphatic heterocycles. The number of primary amides is 1. The number of aryl methyl sites for hydroxylation is 1. The Bertz CT molecular complexity index is 996. The molecule has 2 aromatic heterocycles. The number of amides is 1. The lowest BCUT2D eigenvalue weighted by molar-refractivity contribution is -0.137. The first kappa shape index (κ1) is 21.1. The highest BCUT2D eigenvalue weighted by molar-refractivity contribution is 7.99. The highest BCUT2D eigenvalue weighted by Gasteiger charge is 2.19. The van der Waals surface area contributed by atoms with Crippen LogP contribution in [0, 0.1) is 6.92 Å². The van der Waals surface area contributed by atoms with E-state index in [4.69, 9.17) is 10.7 Å². The molecule has 1 aromatic carbocycles. The summed E-state index contributed by atoms with van der Waals surface area (Å²) in [4.78, 5) is 27.8. The zero-order valence-electron chi connectivity index (χ0n) is 16.4. The topological polar surface area (TPSA) is 87.2 Å². The molecule has 0 aliphatic carbocycles. The fourth-order valence-electron chi connectivity index (χ4n) is 2.99. The number of hydrogen-bond acceptors (Lipinski definition) is 6. The average molecular weight is 430 g/mol. The highest BCUT2D eigenvalue weighted by atomic mass is 32.2. The van der Waals surface area contributed by atoms with E-state index < -0.39 is 5.91 Å². The second kappa shape index (κ2) is 9.76. The first-order chi connectivity index (χ1) is 14.0. The SMILES string of the molecule is COC(=O)CSCCc1nc(-c2cc(C(N)=O)c(C)n2Cc2ccccc2)cs1. The zero-order valence-corrected chi connectivity index (χ0v) is 18.0. The smallest absolute Gasteiger partial charge is 0.315 e. The second-order valence-electron chi connectivity index (χ2n) is 6.47. The number of methoxy groups -OCH3 is 1. The van der Waals surface area contributed by atoms with Crippen molar-refractivity contribution in [2.24, 2.45) is 5.73 Å². The molecule has 0 spiro atoms. The molecule has 0 aliphatic rings. The molecule has 2 N–H and O–H groups in total. The third-order valence-electron chi connectivity index (χ3n) is 4.54. The molecular weight excluding hydrogens is 406 g/mol. The number of benzene rings is 1. The van der Waals surface area contributed by atoms with Gasteiger partial charge in [-0.15, -0.1) is 23.1 Å². The first-order valence-electron chi connectivity index (χ1n) is 9.12. The largest absolute Gasteiger partial charge is 0.468 e. The Kier molecular flexibility index (Phi) is 7.11. The maximum Gasteiger partial charge on any atom is 0.315 e. The number of carbonyl (C=O) groups excluding carboxylic acids is 2. The molecule has 3 aromatic rings. The van der Waals surface area contributed by atoms with E-state index in [0.717, 1.165) is 39.8 Å². The van der Waals surface area contributed by atoms with E-state index in [1.54, 1.807) is 11.3 Å². The summed E-state index contributed by atoms with van der Waals surface area (Å²) in [5, 5.41) is 2.99. The van der Waals surface area contributed by atoms with Crippen molar-refractivity contribution in [1.82, 2.24) is 9.55 Å². The molecule has 0 saturated carbocycles. The molecule has 3 rings (SSSR count). The standard InChI is InChI=1S/C21H23N3O3S2/c1-14-16(21(22)26)10-18(24(14)11-15-6-4-3-5-7-15)17-12-29-19(23-17)8-9-28-13-20(25)27-2/h3-7,10,12H,8-9,11,13H2,1-2H3,(H2,22,26). The van der Waals surface area contributed by atoms with Gasteiger partial charge in [0.1, 0.15) is 0 Å². The van der Waals surface area contributed by atoms with E-state index in [1.165, 1.54) is 18.9 Å². The van der Waals surface area contributed by atoms with Crippen LogP contribution in [-0.4, -0.2) is 40.0 Å². The zero-order chi connectivity index (χ0) is 20.8. The van der Waals surface area contributed by atoms with Crippen molar-refractivity contribution >= 4 is 35.0 Å². The summed E-state index contributed by atoms with van der Waals surface area (Å²) in [5.74, 6) is 0.474. The van der Waals surface area contributed by atoms with Crippen molar-refractivity contribution in [3.63, 3.8) is 0 Å². The van der Waals surface area contributed by atoms with Gasteiger partial charge in [-0.3, -0.25) is 9.59 Å². The third-order valence-corrected chi connectivity index (χ3v) is 6.38. The minimum Gasteiger partial charge on any atom is -0.468 e. The molecule has 0 saturated heterocycles. The molecule has 0 unspecified atom stereocenters. The molecule has 29 heavy (non-hydrogen) atoms. The minimum absolute atomic E-state index is 0.219. The van der Waals surface area contributed by atoms with Crippen LogP contribution in [0.1, 0.15) is 26.6 Å². The fraction of sp³-hybridized carbons (Fsp3) is 0.286. The van der Waals surface area contributed by atoms with E-state index in [-0.39, 0.29) is 5.97 Å². The Hall–Kier alpha value is -2.58. The summed E-state index contributed by atoms with van der Waals surface area (Å²) < 4.78 is 6.73. The maximum absolute atomic E-state index is 11.9. The molecule has 0 fully saturated rings. The van der Waals surface area contributed by atoms with Crippen LogP contribution in [-0.2, 0) is 22.5 Å². The van der Waals surface area contributed by atoms with E-state index in [0.29, 0.717) is 17.9 Å². The van der Waals surface area contributed by atoms with Crippen LogP contribution in [0.25, 0.3) is 11.4 Å². The minimum atomic E-state index is -0.440. The van der Waals surface area contributed by atoms with Crippen molar-refractivity contribution in [1.29, 1.82) is 0 Å². The summed E-state index contributed by atoms with van der Waals surface area (Å²) in [6.07, 6.45) is 0.771. The van der Waals surface area contributed by atoms with Gasteiger partial charge in [0.15, 0.2) is 0 Å². The number of esters is 1. The molecule has 8 heteroatoms. The monoisotopic (exact) mass is 429 g/mol. The molecular formula is C21H23N3O3S2. The number of thioether (sulfide) groups is 1. The van der Waals surface area contributed by atoms with Crippen LogP contribution in [0.5, 0.6) is 0 Å². The Balaban J connectivity index is 1.81. The predicted octanol–water partition coefficient (Wildman–Crippen LogP) is 3.52. The lowest BCUT2D eigenvalue weighted by Gasteiger charge is -2.11. The Morgan fingerprint density at radius 3 is 2.72 bits per heavy atom. The number of carbonyl (C=O) groups is 2. The van der Waals surface area contributed by atoms with Gasteiger partial charge in [0.05, 0.1) is 34.8 Å². The van der Waals surface area contributed by atoms with Gasteiger partial charge in [0.25, 0.3) is 5.91 Å². The van der Waals surface area contributed by atoms with Gasteiger partial charge in [0.2, 0.25) is 0 Å². The molecule has 2 heterocycles. The van der Waals surface area contributed by atoms with Crippen molar-refractivity contribution in [2.75, 3.05) is 18.6 Å². The van der Waals surface area contributed by atoms with Gasteiger partial charge >= 0.3 is 5.97 Å². The van der Waals surface area contributed by atoms with Gasteiger partial charge in [-0.2, -0.15) is 0 Å². The van der Waals surface area contributed by atoms with Crippen molar-refractivity contribution < 1.29 is 14.3 Å². The van der Waals surface area contributed by atoms with Crippen LogP contribution in [0.4, 0.5) is 0 Å². The number of hydrogen-bond donors (Lipinski definition) is 1. The molecule has 0 bridgehead atoms. The lowest BCUT2D eigenvalue weighted by Crippen LogP contribution is -2.12. The van der Waals surface area contributed by atoms with E-state index in [1.807, 2.05) is 36.6 Å². The number of nitrogens with two attached hydrogens (primary N) is 1. The van der Waals surface area contributed by atoms with Crippen molar-refractivity contribution in [2.45, 2.75) is 19.9 Å². The lowest BCUT2D eigenvalue weighted by atomic mass is 10.2. The van der Waals surface area contributed by atoms with Gasteiger partial charge in [-0.25, -0.2) is 4.98 Å². The number of aromatic nitrogens is 2. The number of rotatable bonds is 9. The number of nitrogens with zero attached hydrogens (tertiary/aromatic N) is 2. The number of ether oxygens (including phenoxy) is 1. The van der Waals surface area contributed by atoms with Crippen LogP contribution < -0.4 is 5.73 Å². The second-order valence-corrected chi connectivity index (χ2v) is 8.52. The highest BCUT2D eigenvalue weighted by Crippen LogP contribution is 2.28. The first-order valence-corrected chi connectivity index (χ1v) is 11.2. The van der Waals surface area contributed by atoms with Gasteiger partial charge in [0, 0.05) is 29.8 Å². The molecule has 0 radical (unpaired) electrons. The summed E-state index contributed by atoms with van der Waals surface area (Å²) in [7, 11) is 1.39. The van der Waals surface area contributed by atoms with E-state index in [2.05, 4.69) is 21.4 Å². The van der Waals surface area contributed by atoms with Crippen LogP contribution in [0.15, 0.2) is 41.8 Å². The maximum atomic E-state index is 11.9. The summed E-state index contributed by atoms with van der Waals surface area (Å²) in [6, 6.07) is 11.9. The third kappa shape index (κ3) is 5.27. The van der Waals surface area contributed by atoms with Crippen molar-refractivity contribution in [3.05, 3.63) is 63.6 Å².